The average Bonchev–Trinajstić information content (AvgIpc) is 3.10. The van der Waals surface area contributed by atoms with Gasteiger partial charge in [-0.2, -0.15) is 0 Å². The van der Waals surface area contributed by atoms with E-state index in [-0.39, 0.29) is 12.5 Å². The Morgan fingerprint density at radius 1 is 1.53 bits per heavy atom. The Morgan fingerprint density at radius 2 is 2.24 bits per heavy atom. The zero-order valence-corrected chi connectivity index (χ0v) is 10.1. The lowest BCUT2D eigenvalue weighted by atomic mass is 10.1. The smallest absolute Gasteiger partial charge is 0.232 e. The highest BCUT2D eigenvalue weighted by Gasteiger charge is 2.49. The molecule has 0 radical (unpaired) electrons. The molecule has 0 heterocycles. The van der Waals surface area contributed by atoms with E-state index in [2.05, 4.69) is 5.32 Å². The van der Waals surface area contributed by atoms with Crippen molar-refractivity contribution in [2.45, 2.75) is 19.8 Å². The molecule has 1 aliphatic rings. The lowest BCUT2D eigenvalue weighted by Crippen LogP contribution is -2.27. The molecule has 0 spiro atoms. The molecular formula is C13H17NO3. The van der Waals surface area contributed by atoms with Crippen molar-refractivity contribution in [2.75, 3.05) is 19.0 Å². The molecule has 92 valence electrons. The van der Waals surface area contributed by atoms with Gasteiger partial charge in [0.25, 0.3) is 0 Å². The van der Waals surface area contributed by atoms with Crippen molar-refractivity contribution in [3.8, 4) is 5.75 Å². The quantitative estimate of drug-likeness (QED) is 0.835. The molecule has 0 unspecified atom stereocenters. The first-order chi connectivity index (χ1) is 8.11. The molecule has 1 aromatic rings. The van der Waals surface area contributed by atoms with Gasteiger partial charge in [0, 0.05) is 5.69 Å². The van der Waals surface area contributed by atoms with Crippen LogP contribution in [-0.4, -0.2) is 24.7 Å². The van der Waals surface area contributed by atoms with Gasteiger partial charge in [-0.15, -0.1) is 0 Å². The Labute approximate surface area is 101 Å². The number of ether oxygens (including phenoxy) is 1. The first-order valence-corrected chi connectivity index (χ1v) is 5.68. The fraction of sp³-hybridized carbons (Fsp3) is 0.462. The average molecular weight is 235 g/mol. The van der Waals surface area contributed by atoms with Crippen LogP contribution < -0.4 is 10.1 Å². The van der Waals surface area contributed by atoms with Crippen LogP contribution in [0.2, 0.25) is 0 Å². The van der Waals surface area contributed by atoms with Crippen molar-refractivity contribution >= 4 is 11.6 Å². The van der Waals surface area contributed by atoms with E-state index in [1.165, 1.54) is 0 Å². The van der Waals surface area contributed by atoms with E-state index < -0.39 is 5.41 Å². The molecule has 1 aromatic carbocycles. The molecule has 1 aliphatic carbocycles. The first kappa shape index (κ1) is 11.9. The molecule has 17 heavy (non-hydrogen) atoms. The molecule has 4 nitrogen and oxygen atoms in total. The number of anilines is 1. The van der Waals surface area contributed by atoms with E-state index in [0.717, 1.165) is 29.8 Å². The van der Waals surface area contributed by atoms with E-state index in [0.29, 0.717) is 0 Å². The Balaban J connectivity index is 2.09. The molecule has 0 bridgehead atoms. The fourth-order valence-electron chi connectivity index (χ4n) is 1.83. The number of aryl methyl sites for hydroxylation is 1. The van der Waals surface area contributed by atoms with Gasteiger partial charge in [-0.25, -0.2) is 0 Å². The molecule has 0 aliphatic heterocycles. The third-order valence-electron chi connectivity index (χ3n) is 3.29. The second-order valence-electron chi connectivity index (χ2n) is 4.58. The minimum atomic E-state index is -0.534. The molecule has 1 saturated carbocycles. The van der Waals surface area contributed by atoms with E-state index >= 15 is 0 Å². The largest absolute Gasteiger partial charge is 0.496 e. The number of aliphatic hydroxyl groups is 1. The van der Waals surface area contributed by atoms with Crippen molar-refractivity contribution < 1.29 is 14.6 Å². The SMILES string of the molecule is COc1ccc(NC(=O)C2(CO)CC2)cc1C. The predicted molar refractivity (Wildman–Crippen MR) is 65.1 cm³/mol. The van der Waals surface area contributed by atoms with Crippen molar-refractivity contribution in [1.82, 2.24) is 0 Å². The number of benzene rings is 1. The summed E-state index contributed by atoms with van der Waals surface area (Å²) in [7, 11) is 1.62. The minimum Gasteiger partial charge on any atom is -0.496 e. The lowest BCUT2D eigenvalue weighted by molar-refractivity contribution is -0.122. The summed E-state index contributed by atoms with van der Waals surface area (Å²) in [5, 5.41) is 12.0. The summed E-state index contributed by atoms with van der Waals surface area (Å²) in [6.45, 7) is 1.85. The van der Waals surface area contributed by atoms with Crippen LogP contribution in [0.5, 0.6) is 5.75 Å². The summed E-state index contributed by atoms with van der Waals surface area (Å²) in [6, 6.07) is 5.49. The van der Waals surface area contributed by atoms with Gasteiger partial charge in [-0.1, -0.05) is 0 Å². The van der Waals surface area contributed by atoms with Gasteiger partial charge in [0.2, 0.25) is 5.91 Å². The molecule has 4 heteroatoms. The van der Waals surface area contributed by atoms with Gasteiger partial charge in [-0.3, -0.25) is 4.79 Å². The van der Waals surface area contributed by atoms with Crippen LogP contribution in [0, 0.1) is 12.3 Å². The Morgan fingerprint density at radius 3 is 2.71 bits per heavy atom. The summed E-state index contributed by atoms with van der Waals surface area (Å²) in [6.07, 6.45) is 1.54. The topological polar surface area (TPSA) is 58.6 Å². The monoisotopic (exact) mass is 235 g/mol. The van der Waals surface area contributed by atoms with E-state index in [1.807, 2.05) is 19.1 Å². The van der Waals surface area contributed by atoms with Crippen molar-refractivity contribution in [1.29, 1.82) is 0 Å². The van der Waals surface area contributed by atoms with E-state index in [9.17, 15) is 4.79 Å². The van der Waals surface area contributed by atoms with Gasteiger partial charge < -0.3 is 15.2 Å². The third-order valence-corrected chi connectivity index (χ3v) is 3.29. The number of rotatable bonds is 4. The fourth-order valence-corrected chi connectivity index (χ4v) is 1.83. The maximum absolute atomic E-state index is 11.9. The number of carbonyl (C=O) groups is 1. The molecule has 0 aromatic heterocycles. The highest BCUT2D eigenvalue weighted by Crippen LogP contribution is 2.45. The minimum absolute atomic E-state index is 0.0754. The van der Waals surface area contributed by atoms with Gasteiger partial charge in [0.1, 0.15) is 5.75 Å². The van der Waals surface area contributed by atoms with Crippen LogP contribution in [0.3, 0.4) is 0 Å². The van der Waals surface area contributed by atoms with Crippen molar-refractivity contribution in [3.05, 3.63) is 23.8 Å². The molecule has 1 amide bonds. The van der Waals surface area contributed by atoms with Gasteiger partial charge in [0.15, 0.2) is 0 Å². The molecule has 0 atom stereocenters. The van der Waals surface area contributed by atoms with Crippen LogP contribution in [-0.2, 0) is 4.79 Å². The van der Waals surface area contributed by atoms with Crippen molar-refractivity contribution in [2.24, 2.45) is 5.41 Å². The number of aliphatic hydroxyl groups excluding tert-OH is 1. The van der Waals surface area contributed by atoms with Gasteiger partial charge in [-0.05, 0) is 43.5 Å². The second-order valence-corrected chi connectivity index (χ2v) is 4.58. The second kappa shape index (κ2) is 4.37. The van der Waals surface area contributed by atoms with E-state index in [1.54, 1.807) is 13.2 Å². The summed E-state index contributed by atoms with van der Waals surface area (Å²) < 4.78 is 5.15. The summed E-state index contributed by atoms with van der Waals surface area (Å²) in [4.78, 5) is 11.9. The molecule has 2 N–H and O–H groups in total. The number of hydrogen-bond acceptors (Lipinski definition) is 3. The number of hydrogen-bond donors (Lipinski definition) is 2. The Hall–Kier alpha value is -1.55. The first-order valence-electron chi connectivity index (χ1n) is 5.68. The maximum atomic E-state index is 11.9. The summed E-state index contributed by atoms with van der Waals surface area (Å²) in [5.74, 6) is 0.704. The number of methoxy groups -OCH3 is 1. The normalized spacial score (nSPS) is 16.4. The number of amides is 1. The zero-order chi connectivity index (χ0) is 12.5. The van der Waals surface area contributed by atoms with Crippen LogP contribution in [0.25, 0.3) is 0 Å². The standard InChI is InChI=1S/C13H17NO3/c1-9-7-10(3-4-11(9)17-2)14-12(16)13(8-15)5-6-13/h3-4,7,15H,5-6,8H2,1-2H3,(H,14,16). The van der Waals surface area contributed by atoms with Crippen LogP contribution in [0.4, 0.5) is 5.69 Å². The Bertz CT molecular complexity index is 438. The zero-order valence-electron chi connectivity index (χ0n) is 10.1. The van der Waals surface area contributed by atoms with Crippen molar-refractivity contribution in [3.63, 3.8) is 0 Å². The molecular weight excluding hydrogens is 218 g/mol. The van der Waals surface area contributed by atoms with E-state index in [4.69, 9.17) is 9.84 Å². The third kappa shape index (κ3) is 2.26. The maximum Gasteiger partial charge on any atom is 0.232 e. The van der Waals surface area contributed by atoms with Crippen LogP contribution in [0.1, 0.15) is 18.4 Å². The van der Waals surface area contributed by atoms with Gasteiger partial charge >= 0.3 is 0 Å². The highest BCUT2D eigenvalue weighted by atomic mass is 16.5. The lowest BCUT2D eigenvalue weighted by Gasteiger charge is -2.13. The predicted octanol–water partition coefficient (Wildman–Crippen LogP) is 1.71. The van der Waals surface area contributed by atoms with Crippen LogP contribution in [0.15, 0.2) is 18.2 Å². The molecule has 0 saturated heterocycles. The van der Waals surface area contributed by atoms with Gasteiger partial charge in [0.05, 0.1) is 19.1 Å². The number of nitrogens with one attached hydrogen (secondary N) is 1. The summed E-state index contributed by atoms with van der Waals surface area (Å²) in [5.41, 5.74) is 1.18. The van der Waals surface area contributed by atoms with Crippen LogP contribution >= 0.6 is 0 Å². The Kier molecular flexibility index (Phi) is 3.07. The number of carbonyl (C=O) groups excluding carboxylic acids is 1. The summed E-state index contributed by atoms with van der Waals surface area (Å²) >= 11 is 0. The molecule has 2 rings (SSSR count). The molecule has 1 fully saturated rings. The highest BCUT2D eigenvalue weighted by molar-refractivity contribution is 5.97.